The van der Waals surface area contributed by atoms with E-state index in [1.807, 2.05) is 51.1 Å². The number of carbonyl (C=O) groups excluding carboxylic acids is 1. The highest BCUT2D eigenvalue weighted by molar-refractivity contribution is 9.10. The molecule has 1 amide bonds. The van der Waals surface area contributed by atoms with Crippen molar-refractivity contribution in [2.45, 2.75) is 39.2 Å². The maximum absolute atomic E-state index is 12.1. The number of halogens is 1. The van der Waals surface area contributed by atoms with Crippen LogP contribution >= 0.6 is 15.9 Å². The largest absolute Gasteiger partial charge is 0.442 e. The van der Waals surface area contributed by atoms with Crippen LogP contribution in [0.15, 0.2) is 53.0 Å². The number of hydrogen-bond acceptors (Lipinski definition) is 3. The van der Waals surface area contributed by atoms with E-state index in [9.17, 15) is 4.79 Å². The first-order chi connectivity index (χ1) is 11.2. The second kappa shape index (κ2) is 7.81. The van der Waals surface area contributed by atoms with Crippen LogP contribution in [0.3, 0.4) is 0 Å². The molecule has 0 aliphatic carbocycles. The number of amides is 1. The van der Waals surface area contributed by atoms with E-state index in [-0.39, 0.29) is 0 Å². The van der Waals surface area contributed by atoms with Gasteiger partial charge < -0.3 is 4.74 Å². The van der Waals surface area contributed by atoms with Crippen molar-refractivity contribution in [2.75, 3.05) is 5.01 Å². The fraction of sp³-hybridized carbons (Fsp3) is 0.316. The summed E-state index contributed by atoms with van der Waals surface area (Å²) in [6, 6.07) is 15.9. The van der Waals surface area contributed by atoms with Crippen molar-refractivity contribution in [2.24, 2.45) is 5.84 Å². The fourth-order valence-electron chi connectivity index (χ4n) is 2.26. The first-order valence-electron chi connectivity index (χ1n) is 7.86. The third-order valence-electron chi connectivity index (χ3n) is 3.37. The van der Waals surface area contributed by atoms with Gasteiger partial charge in [0.25, 0.3) is 0 Å². The first-order valence-corrected chi connectivity index (χ1v) is 8.65. The molecule has 2 N–H and O–H groups in total. The topological polar surface area (TPSA) is 55.6 Å². The van der Waals surface area contributed by atoms with E-state index >= 15 is 0 Å². The monoisotopic (exact) mass is 390 g/mol. The lowest BCUT2D eigenvalue weighted by atomic mass is 10.0. The van der Waals surface area contributed by atoms with E-state index in [1.165, 1.54) is 5.56 Å². The normalized spacial score (nSPS) is 11.2. The van der Waals surface area contributed by atoms with Gasteiger partial charge in [-0.3, -0.25) is 0 Å². The average Bonchev–Trinajstić information content (AvgIpc) is 2.51. The molecule has 0 fully saturated rings. The standard InChI is InChI=1S/C19H23BrN2O2/c1-19(2,3)24-18(23)22(21)17-9-5-7-15(13-17)11-10-14-6-4-8-16(20)12-14/h4-9,12-13H,10-11,21H2,1-3H3. The van der Waals surface area contributed by atoms with Crippen molar-refractivity contribution < 1.29 is 9.53 Å². The predicted octanol–water partition coefficient (Wildman–Crippen LogP) is 4.85. The molecule has 24 heavy (non-hydrogen) atoms. The summed E-state index contributed by atoms with van der Waals surface area (Å²) in [5.74, 6) is 5.89. The highest BCUT2D eigenvalue weighted by Crippen LogP contribution is 2.19. The summed E-state index contributed by atoms with van der Waals surface area (Å²) in [5.41, 5.74) is 2.42. The van der Waals surface area contributed by atoms with E-state index in [0.29, 0.717) is 5.69 Å². The Morgan fingerprint density at radius 1 is 1.08 bits per heavy atom. The van der Waals surface area contributed by atoms with Gasteiger partial charge in [-0.2, -0.15) is 0 Å². The predicted molar refractivity (Wildman–Crippen MR) is 101 cm³/mol. The Balaban J connectivity index is 2.04. The Hall–Kier alpha value is -1.85. The number of nitrogens with two attached hydrogens (primary N) is 1. The minimum atomic E-state index is -0.576. The molecular formula is C19H23BrN2O2. The van der Waals surface area contributed by atoms with Gasteiger partial charge in [0.1, 0.15) is 5.60 Å². The van der Waals surface area contributed by atoms with E-state index in [2.05, 4.69) is 28.1 Å². The van der Waals surface area contributed by atoms with Crippen molar-refractivity contribution in [3.63, 3.8) is 0 Å². The van der Waals surface area contributed by atoms with Crippen LogP contribution in [0.5, 0.6) is 0 Å². The zero-order chi connectivity index (χ0) is 17.7. The molecule has 0 bridgehead atoms. The van der Waals surface area contributed by atoms with Gasteiger partial charge in [-0.15, -0.1) is 0 Å². The summed E-state index contributed by atoms with van der Waals surface area (Å²) >= 11 is 3.48. The molecule has 0 radical (unpaired) electrons. The number of rotatable bonds is 4. The quantitative estimate of drug-likeness (QED) is 0.461. The summed E-state index contributed by atoms with van der Waals surface area (Å²) in [4.78, 5) is 12.1. The molecule has 0 atom stereocenters. The lowest BCUT2D eigenvalue weighted by Gasteiger charge is -2.24. The Kier molecular flexibility index (Phi) is 6.02. The SMILES string of the molecule is CC(C)(C)OC(=O)N(N)c1cccc(CCc2cccc(Br)c2)c1. The van der Waals surface area contributed by atoms with Crippen LogP contribution < -0.4 is 10.9 Å². The molecule has 0 saturated carbocycles. The van der Waals surface area contributed by atoms with E-state index in [4.69, 9.17) is 10.6 Å². The summed E-state index contributed by atoms with van der Waals surface area (Å²) in [6.07, 6.45) is 1.22. The van der Waals surface area contributed by atoms with Crippen molar-refractivity contribution in [3.05, 3.63) is 64.1 Å². The molecule has 0 aliphatic rings. The van der Waals surface area contributed by atoms with Crippen molar-refractivity contribution in [1.82, 2.24) is 0 Å². The average molecular weight is 391 g/mol. The van der Waals surface area contributed by atoms with Gasteiger partial charge in [-0.25, -0.2) is 15.6 Å². The number of nitrogens with zero attached hydrogens (tertiary/aromatic N) is 1. The maximum Gasteiger partial charge on any atom is 0.429 e. The van der Waals surface area contributed by atoms with Gasteiger partial charge in [0.15, 0.2) is 0 Å². The smallest absolute Gasteiger partial charge is 0.429 e. The third-order valence-corrected chi connectivity index (χ3v) is 3.86. The van der Waals surface area contributed by atoms with Crippen LogP contribution in [0.4, 0.5) is 10.5 Å². The number of benzene rings is 2. The Morgan fingerprint density at radius 2 is 1.67 bits per heavy atom. The molecule has 0 aliphatic heterocycles. The number of carbonyl (C=O) groups is 1. The van der Waals surface area contributed by atoms with Crippen LogP contribution in [0.1, 0.15) is 31.9 Å². The lowest BCUT2D eigenvalue weighted by Crippen LogP contribution is -2.41. The molecule has 0 unspecified atom stereocenters. The highest BCUT2D eigenvalue weighted by atomic mass is 79.9. The van der Waals surface area contributed by atoms with E-state index in [1.54, 1.807) is 6.07 Å². The molecule has 5 heteroatoms. The van der Waals surface area contributed by atoms with E-state index < -0.39 is 11.7 Å². The molecule has 2 aromatic carbocycles. The maximum atomic E-state index is 12.1. The van der Waals surface area contributed by atoms with E-state index in [0.717, 1.165) is 27.9 Å². The molecule has 4 nitrogen and oxygen atoms in total. The number of hydrazine groups is 1. The minimum absolute atomic E-state index is 0.563. The number of ether oxygens (including phenoxy) is 1. The highest BCUT2D eigenvalue weighted by Gasteiger charge is 2.21. The second-order valence-corrected chi connectivity index (χ2v) is 7.57. The van der Waals surface area contributed by atoms with Crippen LogP contribution in [-0.2, 0) is 17.6 Å². The first kappa shape index (κ1) is 18.5. The zero-order valence-corrected chi connectivity index (χ0v) is 15.8. The summed E-state index contributed by atoms with van der Waals surface area (Å²) < 4.78 is 6.37. The molecule has 0 spiro atoms. The molecule has 128 valence electrons. The van der Waals surface area contributed by atoms with Gasteiger partial charge in [0, 0.05) is 4.47 Å². The molecule has 0 heterocycles. The van der Waals surface area contributed by atoms with Crippen molar-refractivity contribution >= 4 is 27.7 Å². The van der Waals surface area contributed by atoms with Crippen LogP contribution in [-0.4, -0.2) is 11.7 Å². The summed E-state index contributed by atoms with van der Waals surface area (Å²) in [7, 11) is 0. The second-order valence-electron chi connectivity index (χ2n) is 6.65. The van der Waals surface area contributed by atoms with Gasteiger partial charge in [-0.05, 0) is 69.0 Å². The van der Waals surface area contributed by atoms with Crippen molar-refractivity contribution in [3.8, 4) is 0 Å². The lowest BCUT2D eigenvalue weighted by molar-refractivity contribution is 0.0580. The third kappa shape index (κ3) is 5.65. The van der Waals surface area contributed by atoms with Gasteiger partial charge in [-0.1, -0.05) is 40.2 Å². The number of hydrogen-bond donors (Lipinski definition) is 1. The van der Waals surface area contributed by atoms with Gasteiger partial charge >= 0.3 is 6.09 Å². The molecule has 0 aromatic heterocycles. The van der Waals surface area contributed by atoms with Crippen LogP contribution in [0.25, 0.3) is 0 Å². The van der Waals surface area contributed by atoms with Crippen molar-refractivity contribution in [1.29, 1.82) is 0 Å². The molecular weight excluding hydrogens is 368 g/mol. The summed E-state index contributed by atoms with van der Waals surface area (Å²) in [5, 5.41) is 1.05. The van der Waals surface area contributed by atoms with Gasteiger partial charge in [0.05, 0.1) is 5.69 Å². The van der Waals surface area contributed by atoms with Gasteiger partial charge in [0.2, 0.25) is 0 Å². The molecule has 2 aromatic rings. The Labute approximate surface area is 151 Å². The zero-order valence-electron chi connectivity index (χ0n) is 14.3. The minimum Gasteiger partial charge on any atom is -0.442 e. The molecule has 2 rings (SSSR count). The molecule has 0 saturated heterocycles. The van der Waals surface area contributed by atoms with Crippen LogP contribution in [0, 0.1) is 0 Å². The summed E-state index contributed by atoms with van der Waals surface area (Å²) in [6.45, 7) is 5.44. The number of aryl methyl sites for hydroxylation is 2. The Morgan fingerprint density at radius 3 is 2.25 bits per heavy atom. The number of anilines is 1. The Bertz CT molecular complexity index is 711. The van der Waals surface area contributed by atoms with Crippen LogP contribution in [0.2, 0.25) is 0 Å². The fourth-order valence-corrected chi connectivity index (χ4v) is 2.71.